The Morgan fingerprint density at radius 2 is 2.25 bits per heavy atom. The molecule has 3 rings (SSSR count). The molecule has 0 radical (unpaired) electrons. The van der Waals surface area contributed by atoms with Gasteiger partial charge >= 0.3 is 0 Å². The van der Waals surface area contributed by atoms with Gasteiger partial charge in [0.15, 0.2) is 5.82 Å². The first-order chi connectivity index (χ1) is 9.78. The molecule has 0 aliphatic heterocycles. The minimum absolute atomic E-state index is 0.620. The molecule has 0 bridgehead atoms. The molecule has 2 atom stereocenters. The molecule has 2 aromatic rings. The van der Waals surface area contributed by atoms with Crippen LogP contribution < -0.4 is 5.32 Å². The van der Waals surface area contributed by atoms with Crippen LogP contribution in [0.4, 0.5) is 5.69 Å². The third-order valence-electron chi connectivity index (χ3n) is 4.37. The van der Waals surface area contributed by atoms with Gasteiger partial charge in [-0.2, -0.15) is 0 Å². The highest BCUT2D eigenvalue weighted by Crippen LogP contribution is 2.31. The molecule has 1 N–H and O–H groups in total. The third-order valence-corrected chi connectivity index (χ3v) is 4.37. The number of nitrogens with zero attached hydrogens (tertiary/aromatic N) is 3. The molecule has 20 heavy (non-hydrogen) atoms. The van der Waals surface area contributed by atoms with E-state index in [0.717, 1.165) is 17.3 Å². The minimum atomic E-state index is 0.620. The van der Waals surface area contributed by atoms with Gasteiger partial charge in [0, 0.05) is 24.3 Å². The van der Waals surface area contributed by atoms with Crippen LogP contribution in [0.5, 0.6) is 0 Å². The van der Waals surface area contributed by atoms with Gasteiger partial charge in [-0.3, -0.25) is 0 Å². The van der Waals surface area contributed by atoms with Crippen molar-refractivity contribution in [1.82, 2.24) is 14.8 Å². The lowest BCUT2D eigenvalue weighted by Crippen LogP contribution is -2.23. The molecule has 4 heteroatoms. The van der Waals surface area contributed by atoms with Crippen LogP contribution in [0, 0.1) is 5.92 Å². The monoisotopic (exact) mass is 270 g/mol. The second-order valence-electron chi connectivity index (χ2n) is 5.70. The summed E-state index contributed by atoms with van der Waals surface area (Å²) in [5.41, 5.74) is 2.30. The number of benzene rings is 1. The first-order valence-corrected chi connectivity index (χ1v) is 7.49. The van der Waals surface area contributed by atoms with E-state index in [1.807, 2.05) is 11.6 Å². The van der Waals surface area contributed by atoms with E-state index < -0.39 is 0 Å². The van der Waals surface area contributed by atoms with E-state index in [-0.39, 0.29) is 0 Å². The zero-order valence-electron chi connectivity index (χ0n) is 12.2. The van der Waals surface area contributed by atoms with E-state index in [9.17, 15) is 0 Å². The van der Waals surface area contributed by atoms with Gasteiger partial charge < -0.3 is 9.88 Å². The summed E-state index contributed by atoms with van der Waals surface area (Å²) in [4.78, 5) is 0. The second-order valence-corrected chi connectivity index (χ2v) is 5.70. The van der Waals surface area contributed by atoms with Gasteiger partial charge in [-0.25, -0.2) is 0 Å². The summed E-state index contributed by atoms with van der Waals surface area (Å²) in [5, 5.41) is 11.8. The standard InChI is InChI=1S/C16H22N4/c1-3-12-6-5-9-15(12)18-14-8-4-7-13(10-14)16-19-17-11-20(16)2/h4,7-8,10-12,15,18H,3,5-6,9H2,1-2H3. The molecule has 1 aliphatic carbocycles. The zero-order valence-corrected chi connectivity index (χ0v) is 12.2. The lowest BCUT2D eigenvalue weighted by molar-refractivity contribution is 0.489. The Morgan fingerprint density at radius 1 is 1.35 bits per heavy atom. The van der Waals surface area contributed by atoms with Gasteiger partial charge in [-0.1, -0.05) is 31.9 Å². The number of aromatic nitrogens is 3. The zero-order chi connectivity index (χ0) is 13.9. The van der Waals surface area contributed by atoms with Crippen LogP contribution in [0.15, 0.2) is 30.6 Å². The molecule has 1 fully saturated rings. The third kappa shape index (κ3) is 2.55. The van der Waals surface area contributed by atoms with E-state index in [1.165, 1.54) is 31.4 Å². The van der Waals surface area contributed by atoms with Crippen LogP contribution >= 0.6 is 0 Å². The number of rotatable bonds is 4. The summed E-state index contributed by atoms with van der Waals surface area (Å²) in [6.45, 7) is 2.29. The lowest BCUT2D eigenvalue weighted by Gasteiger charge is -2.21. The van der Waals surface area contributed by atoms with E-state index in [0.29, 0.717) is 6.04 Å². The molecule has 1 aliphatic rings. The highest BCUT2D eigenvalue weighted by atomic mass is 15.2. The van der Waals surface area contributed by atoms with Gasteiger partial charge in [0.2, 0.25) is 0 Å². The van der Waals surface area contributed by atoms with Crippen molar-refractivity contribution in [3.63, 3.8) is 0 Å². The summed E-state index contributed by atoms with van der Waals surface area (Å²) in [5.74, 6) is 1.72. The predicted octanol–water partition coefficient (Wildman–Crippen LogP) is 3.47. The van der Waals surface area contributed by atoms with Crippen molar-refractivity contribution in [3.8, 4) is 11.4 Å². The van der Waals surface area contributed by atoms with Crippen LogP contribution in [0.3, 0.4) is 0 Å². The molecule has 106 valence electrons. The van der Waals surface area contributed by atoms with Crippen LogP contribution in [-0.2, 0) is 7.05 Å². The van der Waals surface area contributed by atoms with Crippen molar-refractivity contribution in [2.45, 2.75) is 38.6 Å². The number of aryl methyl sites for hydroxylation is 1. The van der Waals surface area contributed by atoms with Gasteiger partial charge in [-0.05, 0) is 30.9 Å². The molecule has 1 aromatic heterocycles. The maximum absolute atomic E-state index is 4.18. The van der Waals surface area contributed by atoms with Crippen molar-refractivity contribution >= 4 is 5.69 Å². The van der Waals surface area contributed by atoms with E-state index in [4.69, 9.17) is 0 Å². The Hall–Kier alpha value is -1.84. The Bertz CT molecular complexity index is 575. The van der Waals surface area contributed by atoms with Crippen molar-refractivity contribution in [2.75, 3.05) is 5.32 Å². The Balaban J connectivity index is 1.80. The van der Waals surface area contributed by atoms with E-state index in [1.54, 1.807) is 6.33 Å². The number of nitrogens with one attached hydrogen (secondary N) is 1. The molecular formula is C16H22N4. The number of hydrogen-bond donors (Lipinski definition) is 1. The quantitative estimate of drug-likeness (QED) is 0.925. The molecule has 0 saturated heterocycles. The summed E-state index contributed by atoms with van der Waals surface area (Å²) in [7, 11) is 1.97. The fraction of sp³-hybridized carbons (Fsp3) is 0.500. The van der Waals surface area contributed by atoms with E-state index in [2.05, 4.69) is 46.7 Å². The minimum Gasteiger partial charge on any atom is -0.382 e. The Labute approximate surface area is 120 Å². The maximum atomic E-state index is 4.18. The van der Waals surface area contributed by atoms with Crippen LogP contribution in [0.2, 0.25) is 0 Å². The maximum Gasteiger partial charge on any atom is 0.163 e. The Kier molecular flexibility index (Phi) is 3.72. The largest absolute Gasteiger partial charge is 0.382 e. The summed E-state index contributed by atoms with van der Waals surface area (Å²) >= 11 is 0. The van der Waals surface area contributed by atoms with Gasteiger partial charge in [-0.15, -0.1) is 10.2 Å². The first kappa shape index (κ1) is 13.2. The number of hydrogen-bond acceptors (Lipinski definition) is 3. The average molecular weight is 270 g/mol. The van der Waals surface area contributed by atoms with Crippen LogP contribution in [-0.4, -0.2) is 20.8 Å². The van der Waals surface area contributed by atoms with Crippen molar-refractivity contribution < 1.29 is 0 Å². The van der Waals surface area contributed by atoms with Crippen molar-refractivity contribution in [3.05, 3.63) is 30.6 Å². The second kappa shape index (κ2) is 5.65. The van der Waals surface area contributed by atoms with Crippen molar-refractivity contribution in [1.29, 1.82) is 0 Å². The van der Waals surface area contributed by atoms with Gasteiger partial charge in [0.25, 0.3) is 0 Å². The lowest BCUT2D eigenvalue weighted by atomic mass is 10.0. The molecule has 0 spiro atoms. The summed E-state index contributed by atoms with van der Waals surface area (Å²) < 4.78 is 1.95. The van der Waals surface area contributed by atoms with Crippen LogP contribution in [0.1, 0.15) is 32.6 Å². The SMILES string of the molecule is CCC1CCCC1Nc1cccc(-c2nncn2C)c1. The molecular weight excluding hydrogens is 248 g/mol. The normalized spacial score (nSPS) is 22.1. The van der Waals surface area contributed by atoms with Gasteiger partial charge in [0.05, 0.1) is 0 Å². The Morgan fingerprint density at radius 3 is 3.00 bits per heavy atom. The molecule has 0 amide bonds. The molecule has 1 saturated carbocycles. The fourth-order valence-corrected chi connectivity index (χ4v) is 3.22. The predicted molar refractivity (Wildman–Crippen MR) is 81.5 cm³/mol. The topological polar surface area (TPSA) is 42.7 Å². The average Bonchev–Trinajstić information content (AvgIpc) is 3.08. The summed E-state index contributed by atoms with van der Waals surface area (Å²) in [6.07, 6.45) is 6.99. The smallest absolute Gasteiger partial charge is 0.163 e. The number of anilines is 1. The fourth-order valence-electron chi connectivity index (χ4n) is 3.22. The first-order valence-electron chi connectivity index (χ1n) is 7.49. The highest BCUT2D eigenvalue weighted by Gasteiger charge is 2.25. The van der Waals surface area contributed by atoms with E-state index >= 15 is 0 Å². The summed E-state index contributed by atoms with van der Waals surface area (Å²) in [6, 6.07) is 9.11. The van der Waals surface area contributed by atoms with Gasteiger partial charge in [0.1, 0.15) is 6.33 Å². The van der Waals surface area contributed by atoms with Crippen LogP contribution in [0.25, 0.3) is 11.4 Å². The molecule has 1 aromatic carbocycles. The molecule has 4 nitrogen and oxygen atoms in total. The van der Waals surface area contributed by atoms with Crippen molar-refractivity contribution in [2.24, 2.45) is 13.0 Å². The molecule has 1 heterocycles. The molecule has 2 unspecified atom stereocenters. The highest BCUT2D eigenvalue weighted by molar-refractivity contribution is 5.62.